The number of aryl methyl sites for hydroxylation is 1. The molecule has 3 N–H and O–H groups in total. The molecular weight excluding hydrogens is 212 g/mol. The minimum atomic E-state index is 0.293. The molecule has 94 valence electrons. The Bertz CT molecular complexity index is 350. The van der Waals surface area contributed by atoms with Crippen LogP contribution in [0, 0.1) is 12.8 Å². The number of aliphatic hydroxyl groups excluding tert-OH is 1. The first-order chi connectivity index (χ1) is 8.24. The smallest absolute Gasteiger partial charge is 0.0471 e. The molecule has 1 aliphatic rings. The van der Waals surface area contributed by atoms with Gasteiger partial charge in [0.05, 0.1) is 0 Å². The molecule has 0 aliphatic carbocycles. The van der Waals surface area contributed by atoms with Gasteiger partial charge in [-0.15, -0.1) is 0 Å². The predicted molar refractivity (Wildman–Crippen MR) is 69.7 cm³/mol. The minimum absolute atomic E-state index is 0.293. The Hall–Kier alpha value is -0.900. The number of nitrogens with zero attached hydrogens (tertiary/aromatic N) is 1. The Morgan fingerprint density at radius 2 is 2.12 bits per heavy atom. The molecule has 0 bridgehead atoms. The first-order valence-electron chi connectivity index (χ1n) is 6.36. The van der Waals surface area contributed by atoms with Crippen LogP contribution in [-0.4, -0.2) is 36.2 Å². The Labute approximate surface area is 103 Å². The van der Waals surface area contributed by atoms with Gasteiger partial charge in [0.15, 0.2) is 0 Å². The molecule has 1 aromatic carbocycles. The van der Waals surface area contributed by atoms with Crippen LogP contribution < -0.4 is 5.73 Å². The first-order valence-corrected chi connectivity index (χ1v) is 6.36. The van der Waals surface area contributed by atoms with Crippen LogP contribution in [-0.2, 0) is 0 Å². The number of likely N-dealkylation sites (tertiary alicyclic amines) is 1. The lowest BCUT2D eigenvalue weighted by Gasteiger charge is -2.27. The van der Waals surface area contributed by atoms with E-state index < -0.39 is 0 Å². The summed E-state index contributed by atoms with van der Waals surface area (Å²) in [6.45, 7) is 5.04. The van der Waals surface area contributed by atoms with Crippen molar-refractivity contribution < 1.29 is 5.11 Å². The van der Waals surface area contributed by atoms with Crippen LogP contribution in [0.5, 0.6) is 0 Å². The maximum absolute atomic E-state index is 9.19. The third-order valence-corrected chi connectivity index (χ3v) is 3.70. The van der Waals surface area contributed by atoms with Crippen LogP contribution in [0.3, 0.4) is 0 Å². The normalized spacial score (nSPS) is 22.9. The van der Waals surface area contributed by atoms with Crippen molar-refractivity contribution in [2.24, 2.45) is 11.7 Å². The van der Waals surface area contributed by atoms with Gasteiger partial charge in [0.2, 0.25) is 0 Å². The molecule has 0 radical (unpaired) electrons. The molecular formula is C14H22N2O. The minimum Gasteiger partial charge on any atom is -0.396 e. The summed E-state index contributed by atoms with van der Waals surface area (Å²) < 4.78 is 0. The van der Waals surface area contributed by atoms with E-state index in [1.807, 2.05) is 0 Å². The van der Waals surface area contributed by atoms with Crippen LogP contribution in [0.4, 0.5) is 0 Å². The van der Waals surface area contributed by atoms with Gasteiger partial charge in [-0.2, -0.15) is 0 Å². The number of benzene rings is 1. The molecule has 2 rings (SSSR count). The van der Waals surface area contributed by atoms with E-state index in [4.69, 9.17) is 5.73 Å². The molecule has 0 amide bonds. The molecule has 1 fully saturated rings. The molecule has 0 spiro atoms. The van der Waals surface area contributed by atoms with Crippen LogP contribution >= 0.6 is 0 Å². The van der Waals surface area contributed by atoms with Crippen LogP contribution in [0.2, 0.25) is 0 Å². The van der Waals surface area contributed by atoms with E-state index in [1.165, 1.54) is 11.1 Å². The highest BCUT2D eigenvalue weighted by Crippen LogP contribution is 2.26. The highest BCUT2D eigenvalue weighted by Gasteiger charge is 2.27. The average Bonchev–Trinajstić information content (AvgIpc) is 2.81. The molecule has 2 unspecified atom stereocenters. The van der Waals surface area contributed by atoms with Crippen molar-refractivity contribution in [3.05, 3.63) is 35.4 Å². The molecule has 1 aliphatic heterocycles. The largest absolute Gasteiger partial charge is 0.396 e. The number of aliphatic hydroxyl groups is 1. The van der Waals surface area contributed by atoms with Gasteiger partial charge in [-0.25, -0.2) is 0 Å². The van der Waals surface area contributed by atoms with Crippen molar-refractivity contribution in [1.29, 1.82) is 0 Å². The third kappa shape index (κ3) is 2.86. The van der Waals surface area contributed by atoms with E-state index in [1.54, 1.807) is 0 Å². The van der Waals surface area contributed by atoms with Crippen molar-refractivity contribution in [1.82, 2.24) is 4.90 Å². The van der Waals surface area contributed by atoms with Gasteiger partial charge >= 0.3 is 0 Å². The third-order valence-electron chi connectivity index (χ3n) is 3.70. The predicted octanol–water partition coefficient (Wildman–Crippen LogP) is 1.31. The van der Waals surface area contributed by atoms with Crippen molar-refractivity contribution >= 4 is 0 Å². The van der Waals surface area contributed by atoms with E-state index >= 15 is 0 Å². The quantitative estimate of drug-likeness (QED) is 0.826. The van der Waals surface area contributed by atoms with Crippen molar-refractivity contribution in [3.63, 3.8) is 0 Å². The SMILES string of the molecule is Cc1ccc(C(CN)N2CCC(CO)C2)cc1. The van der Waals surface area contributed by atoms with Crippen LogP contribution in [0.15, 0.2) is 24.3 Å². The van der Waals surface area contributed by atoms with E-state index in [9.17, 15) is 5.11 Å². The number of nitrogens with two attached hydrogens (primary N) is 1. The van der Waals surface area contributed by atoms with Gasteiger partial charge in [-0.05, 0) is 31.4 Å². The Kier molecular flexibility index (Phi) is 4.15. The van der Waals surface area contributed by atoms with Gasteiger partial charge in [-0.3, -0.25) is 4.90 Å². The molecule has 1 saturated heterocycles. The monoisotopic (exact) mass is 234 g/mol. The first kappa shape index (κ1) is 12.6. The molecule has 0 saturated carbocycles. The topological polar surface area (TPSA) is 49.5 Å². The van der Waals surface area contributed by atoms with Crippen LogP contribution in [0.25, 0.3) is 0 Å². The lowest BCUT2D eigenvalue weighted by Crippen LogP contribution is -2.32. The fourth-order valence-corrected chi connectivity index (χ4v) is 2.58. The number of hydrogen-bond acceptors (Lipinski definition) is 3. The zero-order chi connectivity index (χ0) is 12.3. The zero-order valence-corrected chi connectivity index (χ0v) is 10.5. The molecule has 17 heavy (non-hydrogen) atoms. The lowest BCUT2D eigenvalue weighted by atomic mass is 10.0. The second-order valence-electron chi connectivity index (χ2n) is 4.99. The number of hydrogen-bond donors (Lipinski definition) is 2. The fourth-order valence-electron chi connectivity index (χ4n) is 2.58. The van der Waals surface area contributed by atoms with E-state index in [0.29, 0.717) is 25.1 Å². The van der Waals surface area contributed by atoms with Crippen molar-refractivity contribution in [2.45, 2.75) is 19.4 Å². The maximum Gasteiger partial charge on any atom is 0.0471 e. The second-order valence-corrected chi connectivity index (χ2v) is 4.99. The zero-order valence-electron chi connectivity index (χ0n) is 10.5. The van der Waals surface area contributed by atoms with Gasteiger partial charge in [-0.1, -0.05) is 29.8 Å². The Balaban J connectivity index is 2.08. The highest BCUT2D eigenvalue weighted by atomic mass is 16.3. The number of rotatable bonds is 4. The Morgan fingerprint density at radius 3 is 2.65 bits per heavy atom. The second kappa shape index (κ2) is 5.63. The van der Waals surface area contributed by atoms with E-state index in [2.05, 4.69) is 36.1 Å². The summed E-state index contributed by atoms with van der Waals surface area (Å²) in [7, 11) is 0. The summed E-state index contributed by atoms with van der Waals surface area (Å²) in [6, 6.07) is 8.90. The molecule has 2 atom stereocenters. The maximum atomic E-state index is 9.19. The van der Waals surface area contributed by atoms with Crippen LogP contribution in [0.1, 0.15) is 23.6 Å². The van der Waals surface area contributed by atoms with Gasteiger partial charge in [0.25, 0.3) is 0 Å². The molecule has 1 aromatic rings. The highest BCUT2D eigenvalue weighted by molar-refractivity contribution is 5.24. The average molecular weight is 234 g/mol. The lowest BCUT2D eigenvalue weighted by molar-refractivity contribution is 0.200. The Morgan fingerprint density at radius 1 is 1.41 bits per heavy atom. The molecule has 3 nitrogen and oxygen atoms in total. The molecule has 0 aromatic heterocycles. The summed E-state index contributed by atoms with van der Waals surface area (Å²) in [4.78, 5) is 2.39. The summed E-state index contributed by atoms with van der Waals surface area (Å²) in [5, 5.41) is 9.19. The molecule has 3 heteroatoms. The summed E-state index contributed by atoms with van der Waals surface area (Å²) in [6.07, 6.45) is 1.08. The summed E-state index contributed by atoms with van der Waals surface area (Å²) in [5.41, 5.74) is 8.47. The van der Waals surface area contributed by atoms with Crippen molar-refractivity contribution in [3.8, 4) is 0 Å². The summed E-state index contributed by atoms with van der Waals surface area (Å²) >= 11 is 0. The molecule has 1 heterocycles. The van der Waals surface area contributed by atoms with Gasteiger partial charge in [0.1, 0.15) is 0 Å². The van der Waals surface area contributed by atoms with E-state index in [-0.39, 0.29) is 0 Å². The summed E-state index contributed by atoms with van der Waals surface area (Å²) in [5.74, 6) is 0.425. The van der Waals surface area contributed by atoms with Gasteiger partial charge < -0.3 is 10.8 Å². The standard InChI is InChI=1S/C14H22N2O/c1-11-2-4-13(5-3-11)14(8-15)16-7-6-12(9-16)10-17/h2-5,12,14,17H,6-10,15H2,1H3. The fraction of sp³-hybridized carbons (Fsp3) is 0.571. The van der Waals surface area contributed by atoms with E-state index in [0.717, 1.165) is 19.5 Å². The van der Waals surface area contributed by atoms with Gasteiger partial charge in [0, 0.05) is 25.7 Å². The van der Waals surface area contributed by atoms with Crippen molar-refractivity contribution in [2.75, 3.05) is 26.2 Å².